The molecule has 11 heavy (non-hydrogen) atoms. The second kappa shape index (κ2) is 2.92. The van der Waals surface area contributed by atoms with Crippen LogP contribution in [-0.4, -0.2) is 27.4 Å². The highest BCUT2D eigenvalue weighted by atomic mass is 35.7. The molecule has 3 nitrogen and oxygen atoms in total. The predicted molar refractivity (Wildman–Crippen MR) is 43.2 cm³/mol. The second-order valence-corrected chi connectivity index (χ2v) is 5.81. The molecule has 0 N–H and O–H groups in total. The third kappa shape index (κ3) is 2.32. The SMILES string of the molecule is CCC1(CS(=O)(=O)Cl)COC1. The Hall–Kier alpha value is 0.200. The maximum Gasteiger partial charge on any atom is 0.233 e. The Morgan fingerprint density at radius 1 is 1.55 bits per heavy atom. The largest absolute Gasteiger partial charge is 0.380 e. The minimum absolute atomic E-state index is 0.0397. The van der Waals surface area contributed by atoms with Crippen molar-refractivity contribution < 1.29 is 13.2 Å². The first kappa shape index (κ1) is 9.29. The zero-order chi connectivity index (χ0) is 8.54. The van der Waals surface area contributed by atoms with E-state index in [0.717, 1.165) is 6.42 Å². The monoisotopic (exact) mass is 198 g/mol. The van der Waals surface area contributed by atoms with E-state index in [4.69, 9.17) is 15.4 Å². The third-order valence-electron chi connectivity index (χ3n) is 2.05. The molecule has 0 aromatic rings. The molecule has 0 aromatic heterocycles. The molecule has 1 fully saturated rings. The fraction of sp³-hybridized carbons (Fsp3) is 1.00. The van der Waals surface area contributed by atoms with Crippen molar-refractivity contribution in [3.8, 4) is 0 Å². The summed E-state index contributed by atoms with van der Waals surface area (Å²) in [5.41, 5.74) is -0.194. The van der Waals surface area contributed by atoms with Crippen molar-refractivity contribution in [3.63, 3.8) is 0 Å². The molecule has 0 aromatic carbocycles. The van der Waals surface area contributed by atoms with E-state index >= 15 is 0 Å². The van der Waals surface area contributed by atoms with Crippen LogP contribution >= 0.6 is 10.7 Å². The third-order valence-corrected chi connectivity index (χ3v) is 3.33. The number of hydrogen-bond donors (Lipinski definition) is 0. The van der Waals surface area contributed by atoms with Gasteiger partial charge >= 0.3 is 0 Å². The molecule has 5 heteroatoms. The molecule has 1 aliphatic heterocycles. The minimum Gasteiger partial charge on any atom is -0.380 e. The quantitative estimate of drug-likeness (QED) is 0.635. The maximum absolute atomic E-state index is 10.7. The van der Waals surface area contributed by atoms with E-state index in [1.807, 2.05) is 6.92 Å². The standard InChI is InChI=1S/C6H11ClO3S/c1-2-6(3-10-4-6)5-11(7,8)9/h2-5H2,1H3. The fourth-order valence-corrected chi connectivity index (χ4v) is 2.94. The summed E-state index contributed by atoms with van der Waals surface area (Å²) in [6.07, 6.45) is 0.805. The van der Waals surface area contributed by atoms with Gasteiger partial charge in [0.05, 0.1) is 19.0 Å². The lowest BCUT2D eigenvalue weighted by Crippen LogP contribution is -2.46. The van der Waals surface area contributed by atoms with Crippen LogP contribution in [0.1, 0.15) is 13.3 Å². The Labute approximate surface area is 71.1 Å². The first-order chi connectivity index (χ1) is 4.97. The van der Waals surface area contributed by atoms with Crippen molar-refractivity contribution >= 4 is 19.7 Å². The Morgan fingerprint density at radius 2 is 2.09 bits per heavy atom. The Bertz CT molecular complexity index is 225. The molecule has 1 aliphatic rings. The molecule has 0 amide bonds. The van der Waals surface area contributed by atoms with Crippen LogP contribution in [0.25, 0.3) is 0 Å². The normalized spacial score (nSPS) is 22.7. The van der Waals surface area contributed by atoms with Crippen LogP contribution in [0.3, 0.4) is 0 Å². The van der Waals surface area contributed by atoms with Crippen LogP contribution < -0.4 is 0 Å². The van der Waals surface area contributed by atoms with Gasteiger partial charge in [0.2, 0.25) is 9.05 Å². The van der Waals surface area contributed by atoms with Crippen molar-refractivity contribution in [3.05, 3.63) is 0 Å². The van der Waals surface area contributed by atoms with Crippen molar-refractivity contribution in [2.75, 3.05) is 19.0 Å². The second-order valence-electron chi connectivity index (χ2n) is 3.03. The van der Waals surface area contributed by atoms with Crippen molar-refractivity contribution in [2.24, 2.45) is 5.41 Å². The fourth-order valence-electron chi connectivity index (χ4n) is 1.15. The molecular formula is C6H11ClO3S. The van der Waals surface area contributed by atoms with Crippen LogP contribution in [0.5, 0.6) is 0 Å². The molecular weight excluding hydrogens is 188 g/mol. The van der Waals surface area contributed by atoms with Gasteiger partial charge in [-0.3, -0.25) is 0 Å². The highest BCUT2D eigenvalue weighted by Gasteiger charge is 2.40. The minimum atomic E-state index is -3.36. The smallest absolute Gasteiger partial charge is 0.233 e. The topological polar surface area (TPSA) is 43.4 Å². The van der Waals surface area contributed by atoms with Gasteiger partial charge in [-0.05, 0) is 6.42 Å². The summed E-state index contributed by atoms with van der Waals surface area (Å²) in [6, 6.07) is 0. The average Bonchev–Trinajstić information content (AvgIpc) is 1.77. The van der Waals surface area contributed by atoms with Gasteiger partial charge in [-0.15, -0.1) is 0 Å². The molecule has 0 spiro atoms. The van der Waals surface area contributed by atoms with E-state index in [0.29, 0.717) is 13.2 Å². The number of ether oxygens (including phenoxy) is 1. The van der Waals surface area contributed by atoms with E-state index in [1.165, 1.54) is 0 Å². The lowest BCUT2D eigenvalue weighted by molar-refractivity contribution is -0.100. The molecule has 66 valence electrons. The Kier molecular flexibility index (Phi) is 2.46. The molecule has 0 unspecified atom stereocenters. The van der Waals surface area contributed by atoms with Crippen LogP contribution in [0, 0.1) is 5.41 Å². The van der Waals surface area contributed by atoms with Crippen molar-refractivity contribution in [1.82, 2.24) is 0 Å². The van der Waals surface area contributed by atoms with E-state index in [9.17, 15) is 8.42 Å². The molecule has 0 saturated carbocycles. The maximum atomic E-state index is 10.7. The Morgan fingerprint density at radius 3 is 2.18 bits per heavy atom. The van der Waals surface area contributed by atoms with E-state index in [-0.39, 0.29) is 11.2 Å². The van der Waals surface area contributed by atoms with Gasteiger partial charge in [-0.25, -0.2) is 8.42 Å². The van der Waals surface area contributed by atoms with E-state index in [1.54, 1.807) is 0 Å². The highest BCUT2D eigenvalue weighted by molar-refractivity contribution is 8.13. The van der Waals surface area contributed by atoms with Gasteiger partial charge < -0.3 is 4.74 Å². The lowest BCUT2D eigenvalue weighted by atomic mass is 9.86. The molecule has 0 bridgehead atoms. The highest BCUT2D eigenvalue weighted by Crippen LogP contribution is 2.33. The van der Waals surface area contributed by atoms with E-state index < -0.39 is 9.05 Å². The summed E-state index contributed by atoms with van der Waals surface area (Å²) in [4.78, 5) is 0. The molecule has 0 radical (unpaired) electrons. The van der Waals surface area contributed by atoms with Crippen LogP contribution in [0.2, 0.25) is 0 Å². The van der Waals surface area contributed by atoms with E-state index in [2.05, 4.69) is 0 Å². The van der Waals surface area contributed by atoms with Crippen LogP contribution in [0.4, 0.5) is 0 Å². The first-order valence-corrected chi connectivity index (χ1v) is 5.95. The van der Waals surface area contributed by atoms with Crippen LogP contribution in [0.15, 0.2) is 0 Å². The van der Waals surface area contributed by atoms with Crippen molar-refractivity contribution in [2.45, 2.75) is 13.3 Å². The van der Waals surface area contributed by atoms with Crippen molar-refractivity contribution in [1.29, 1.82) is 0 Å². The van der Waals surface area contributed by atoms with Gasteiger partial charge in [0.1, 0.15) is 0 Å². The number of halogens is 1. The number of rotatable bonds is 3. The van der Waals surface area contributed by atoms with Gasteiger partial charge in [0.25, 0.3) is 0 Å². The predicted octanol–water partition coefficient (Wildman–Crippen LogP) is 0.982. The summed E-state index contributed by atoms with van der Waals surface area (Å²) >= 11 is 0. The average molecular weight is 199 g/mol. The zero-order valence-corrected chi connectivity index (χ0v) is 7.91. The summed E-state index contributed by atoms with van der Waals surface area (Å²) in [6.45, 7) is 3.00. The molecule has 1 heterocycles. The van der Waals surface area contributed by atoms with Gasteiger partial charge in [0, 0.05) is 16.1 Å². The summed E-state index contributed by atoms with van der Waals surface area (Å²) in [5, 5.41) is 0. The lowest BCUT2D eigenvalue weighted by Gasteiger charge is -2.39. The van der Waals surface area contributed by atoms with Gasteiger partial charge in [0.15, 0.2) is 0 Å². The Balaban J connectivity index is 2.59. The number of hydrogen-bond acceptors (Lipinski definition) is 3. The molecule has 1 rings (SSSR count). The summed E-state index contributed by atoms with van der Waals surface area (Å²) < 4.78 is 26.4. The molecule has 0 aliphatic carbocycles. The first-order valence-electron chi connectivity index (χ1n) is 3.47. The van der Waals surface area contributed by atoms with Gasteiger partial charge in [-0.1, -0.05) is 6.92 Å². The zero-order valence-electron chi connectivity index (χ0n) is 6.34. The summed E-state index contributed by atoms with van der Waals surface area (Å²) in [7, 11) is 1.76. The summed E-state index contributed by atoms with van der Waals surface area (Å²) in [5.74, 6) is 0.0397. The molecule has 0 atom stereocenters. The van der Waals surface area contributed by atoms with Crippen LogP contribution in [-0.2, 0) is 13.8 Å². The van der Waals surface area contributed by atoms with Gasteiger partial charge in [-0.2, -0.15) is 0 Å². The molecule has 1 saturated heterocycles.